The van der Waals surface area contributed by atoms with Gasteiger partial charge in [-0.25, -0.2) is 4.79 Å². The molecule has 0 aliphatic rings. The summed E-state index contributed by atoms with van der Waals surface area (Å²) >= 11 is 0. The fourth-order valence-electron chi connectivity index (χ4n) is 1.79. The fraction of sp³-hybridized carbons (Fsp3) is 0.133. The molecule has 0 saturated carbocycles. The van der Waals surface area contributed by atoms with Crippen molar-refractivity contribution in [3.05, 3.63) is 36.7 Å². The highest BCUT2D eigenvalue weighted by Gasteiger charge is 2.08. The number of carbonyl (C=O) groups excluding carboxylic acids is 1. The summed E-state index contributed by atoms with van der Waals surface area (Å²) in [6.07, 6.45) is 14.1. The molecule has 0 aliphatic carbocycles. The van der Waals surface area contributed by atoms with Gasteiger partial charge < -0.3 is 9.13 Å². The molecule has 0 unspecified atom stereocenters. The molecule has 5 nitrogen and oxygen atoms in total. The van der Waals surface area contributed by atoms with Crippen molar-refractivity contribution in [2.45, 2.75) is 13.1 Å². The maximum atomic E-state index is 11.9. The molecule has 2 aromatic heterocycles. The van der Waals surface area contributed by atoms with Crippen molar-refractivity contribution in [2.24, 2.45) is 0 Å². The molecule has 0 fully saturated rings. The van der Waals surface area contributed by atoms with E-state index in [4.69, 9.17) is 12.8 Å². The van der Waals surface area contributed by atoms with Gasteiger partial charge in [0.05, 0.1) is 13.1 Å². The van der Waals surface area contributed by atoms with Crippen LogP contribution in [0.4, 0.5) is 16.4 Å². The summed E-state index contributed by atoms with van der Waals surface area (Å²) in [5, 5.41) is 5.47. The van der Waals surface area contributed by atoms with Crippen LogP contribution in [0.2, 0.25) is 0 Å². The molecule has 0 bridgehead atoms. The molecule has 0 aliphatic heterocycles. The fourth-order valence-corrected chi connectivity index (χ4v) is 1.79. The Balaban J connectivity index is 2.02. The first-order chi connectivity index (χ1) is 9.74. The Morgan fingerprint density at radius 2 is 1.45 bits per heavy atom. The SMILES string of the molecule is C#CCn1cccc1NC(=O)Nc1cccn1CC#C. The van der Waals surface area contributed by atoms with Crippen LogP contribution in [0.15, 0.2) is 36.7 Å². The summed E-state index contributed by atoms with van der Waals surface area (Å²) in [4.78, 5) is 11.9. The minimum atomic E-state index is -0.348. The van der Waals surface area contributed by atoms with Gasteiger partial charge in [0.2, 0.25) is 0 Å². The van der Waals surface area contributed by atoms with Crippen LogP contribution in [0.3, 0.4) is 0 Å². The lowest BCUT2D eigenvalue weighted by atomic mass is 10.5. The number of aromatic nitrogens is 2. The molecule has 0 radical (unpaired) electrons. The van der Waals surface area contributed by atoms with E-state index in [1.807, 2.05) is 12.1 Å². The monoisotopic (exact) mass is 266 g/mol. The van der Waals surface area contributed by atoms with Crippen LogP contribution in [0.1, 0.15) is 0 Å². The van der Waals surface area contributed by atoms with Gasteiger partial charge in [0, 0.05) is 12.4 Å². The predicted octanol–water partition coefficient (Wildman–Crippen LogP) is 2.20. The number of anilines is 2. The Morgan fingerprint density at radius 3 is 1.85 bits per heavy atom. The van der Waals surface area contributed by atoms with E-state index in [9.17, 15) is 4.79 Å². The third kappa shape index (κ3) is 3.04. The van der Waals surface area contributed by atoms with E-state index in [2.05, 4.69) is 22.5 Å². The lowest BCUT2D eigenvalue weighted by molar-refractivity contribution is 0.262. The third-order valence-corrected chi connectivity index (χ3v) is 2.67. The molecule has 100 valence electrons. The molecule has 0 atom stereocenters. The molecule has 2 heterocycles. The van der Waals surface area contributed by atoms with Crippen LogP contribution in [-0.2, 0) is 13.1 Å². The quantitative estimate of drug-likeness (QED) is 0.819. The second kappa shape index (κ2) is 6.21. The molecule has 2 amide bonds. The summed E-state index contributed by atoms with van der Waals surface area (Å²) in [7, 11) is 0. The van der Waals surface area contributed by atoms with E-state index >= 15 is 0 Å². The highest BCUT2D eigenvalue weighted by molar-refractivity contribution is 5.98. The smallest absolute Gasteiger partial charge is 0.323 e. The van der Waals surface area contributed by atoms with Crippen LogP contribution >= 0.6 is 0 Å². The molecule has 2 rings (SSSR count). The number of hydrogen-bond donors (Lipinski definition) is 2. The van der Waals surface area contributed by atoms with E-state index < -0.39 is 0 Å². The highest BCUT2D eigenvalue weighted by Crippen LogP contribution is 2.11. The minimum Gasteiger partial charge on any atom is -0.323 e. The highest BCUT2D eigenvalue weighted by atomic mass is 16.2. The zero-order valence-corrected chi connectivity index (χ0v) is 10.8. The molecule has 2 aromatic rings. The van der Waals surface area contributed by atoms with Crippen LogP contribution < -0.4 is 10.6 Å². The number of carbonyl (C=O) groups is 1. The first kappa shape index (κ1) is 13.4. The van der Waals surface area contributed by atoms with Gasteiger partial charge in [0.1, 0.15) is 11.6 Å². The van der Waals surface area contributed by atoms with Crippen LogP contribution in [0.25, 0.3) is 0 Å². The zero-order valence-electron chi connectivity index (χ0n) is 10.8. The van der Waals surface area contributed by atoms with Gasteiger partial charge in [-0.1, -0.05) is 11.8 Å². The number of amides is 2. The predicted molar refractivity (Wildman–Crippen MR) is 79.2 cm³/mol. The normalized spacial score (nSPS) is 9.50. The molecular weight excluding hydrogens is 252 g/mol. The zero-order chi connectivity index (χ0) is 14.4. The Morgan fingerprint density at radius 1 is 1.00 bits per heavy atom. The Labute approximate surface area is 117 Å². The second-order valence-corrected chi connectivity index (χ2v) is 4.03. The second-order valence-electron chi connectivity index (χ2n) is 4.03. The van der Waals surface area contributed by atoms with Crippen molar-refractivity contribution in [3.8, 4) is 24.7 Å². The van der Waals surface area contributed by atoms with Gasteiger partial charge in [-0.05, 0) is 24.3 Å². The van der Waals surface area contributed by atoms with Crippen molar-refractivity contribution in [1.29, 1.82) is 0 Å². The number of nitrogens with one attached hydrogen (secondary N) is 2. The summed E-state index contributed by atoms with van der Waals surface area (Å²) in [6, 6.07) is 6.83. The van der Waals surface area contributed by atoms with Crippen LogP contribution in [0.5, 0.6) is 0 Å². The number of nitrogens with zero attached hydrogens (tertiary/aromatic N) is 2. The minimum absolute atomic E-state index is 0.348. The molecule has 0 aromatic carbocycles. The van der Waals surface area contributed by atoms with Crippen molar-refractivity contribution in [3.63, 3.8) is 0 Å². The average Bonchev–Trinajstić information content (AvgIpc) is 3.02. The summed E-state index contributed by atoms with van der Waals surface area (Å²) in [5.74, 6) is 6.31. The van der Waals surface area contributed by atoms with Gasteiger partial charge in [0.15, 0.2) is 0 Å². The molecule has 20 heavy (non-hydrogen) atoms. The standard InChI is InChI=1S/C15H14N4O/c1-3-9-18-11-5-7-13(18)16-15(20)17-14-8-6-12-19(14)10-4-2/h1-2,5-8,11-12H,9-10H2,(H2,16,17,20). The Bertz CT molecular complexity index is 623. The topological polar surface area (TPSA) is 51.0 Å². The third-order valence-electron chi connectivity index (χ3n) is 2.67. The van der Waals surface area contributed by atoms with Crippen LogP contribution in [0, 0.1) is 24.7 Å². The van der Waals surface area contributed by atoms with E-state index in [-0.39, 0.29) is 6.03 Å². The van der Waals surface area contributed by atoms with Gasteiger partial charge in [-0.2, -0.15) is 0 Å². The first-order valence-electron chi connectivity index (χ1n) is 6.00. The van der Waals surface area contributed by atoms with Gasteiger partial charge in [0.25, 0.3) is 0 Å². The number of urea groups is 1. The maximum Gasteiger partial charge on any atom is 0.325 e. The van der Waals surface area contributed by atoms with E-state index in [1.54, 1.807) is 33.7 Å². The summed E-state index contributed by atoms with van der Waals surface area (Å²) in [5.41, 5.74) is 0. The molecule has 0 spiro atoms. The number of terminal acetylenes is 2. The molecule has 2 N–H and O–H groups in total. The van der Waals surface area contributed by atoms with Gasteiger partial charge in [-0.3, -0.25) is 10.6 Å². The summed E-state index contributed by atoms with van der Waals surface area (Å²) in [6.45, 7) is 0.798. The van der Waals surface area contributed by atoms with E-state index in [0.29, 0.717) is 24.7 Å². The first-order valence-corrected chi connectivity index (χ1v) is 6.00. The molecule has 5 heteroatoms. The van der Waals surface area contributed by atoms with Crippen molar-refractivity contribution in [2.75, 3.05) is 10.6 Å². The summed E-state index contributed by atoms with van der Waals surface area (Å²) < 4.78 is 3.53. The average molecular weight is 266 g/mol. The van der Waals surface area contributed by atoms with E-state index in [1.165, 1.54) is 0 Å². The number of rotatable bonds is 4. The van der Waals surface area contributed by atoms with Gasteiger partial charge >= 0.3 is 6.03 Å². The largest absolute Gasteiger partial charge is 0.325 e. The van der Waals surface area contributed by atoms with Crippen molar-refractivity contribution >= 4 is 17.7 Å². The van der Waals surface area contributed by atoms with Crippen molar-refractivity contribution in [1.82, 2.24) is 9.13 Å². The Hall–Kier alpha value is -3.05. The number of hydrogen-bond acceptors (Lipinski definition) is 1. The Kier molecular flexibility index (Phi) is 4.16. The maximum absolute atomic E-state index is 11.9. The molecule has 0 saturated heterocycles. The lowest BCUT2D eigenvalue weighted by Crippen LogP contribution is -2.22. The van der Waals surface area contributed by atoms with Gasteiger partial charge in [-0.15, -0.1) is 12.8 Å². The molecular formula is C15H14N4O. The van der Waals surface area contributed by atoms with E-state index in [0.717, 1.165) is 0 Å². The van der Waals surface area contributed by atoms with Crippen LogP contribution in [-0.4, -0.2) is 15.2 Å². The van der Waals surface area contributed by atoms with Crippen molar-refractivity contribution < 1.29 is 4.79 Å². The lowest BCUT2D eigenvalue weighted by Gasteiger charge is -2.10.